The van der Waals surface area contributed by atoms with Crippen molar-refractivity contribution in [2.45, 2.75) is 26.9 Å². The van der Waals surface area contributed by atoms with Gasteiger partial charge in [0.15, 0.2) is 5.76 Å². The quantitative estimate of drug-likeness (QED) is 0.521. The van der Waals surface area contributed by atoms with E-state index in [1.165, 1.54) is 0 Å². The van der Waals surface area contributed by atoms with E-state index in [1.807, 2.05) is 56.3 Å². The predicted molar refractivity (Wildman–Crippen MR) is 114 cm³/mol. The molecule has 5 nitrogen and oxygen atoms in total. The van der Waals surface area contributed by atoms with Gasteiger partial charge >= 0.3 is 0 Å². The van der Waals surface area contributed by atoms with Crippen LogP contribution in [0, 0.1) is 13.8 Å². The molecule has 2 aliphatic heterocycles. The molecule has 0 saturated heterocycles. The van der Waals surface area contributed by atoms with Gasteiger partial charge in [-0.2, -0.15) is 0 Å². The molecule has 0 radical (unpaired) electrons. The van der Waals surface area contributed by atoms with E-state index in [4.69, 9.17) is 25.5 Å². The number of hydrogen-bond acceptors (Lipinski definition) is 5. The van der Waals surface area contributed by atoms with E-state index in [0.29, 0.717) is 36.9 Å². The first kappa shape index (κ1) is 19.0. The van der Waals surface area contributed by atoms with E-state index in [1.54, 1.807) is 6.08 Å². The van der Waals surface area contributed by atoms with Crippen molar-refractivity contribution in [3.63, 3.8) is 0 Å². The number of nitrogens with zero attached hydrogens (tertiary/aromatic N) is 1. The molecule has 0 amide bonds. The fourth-order valence-electron chi connectivity index (χ4n) is 3.90. The van der Waals surface area contributed by atoms with Crippen LogP contribution in [0.4, 0.5) is 0 Å². The number of rotatable bonds is 3. The highest BCUT2D eigenvalue weighted by atomic mass is 35.5. The molecule has 5 rings (SSSR count). The zero-order valence-electron chi connectivity index (χ0n) is 16.7. The summed E-state index contributed by atoms with van der Waals surface area (Å²) in [4.78, 5) is 15.2. The smallest absolute Gasteiger partial charge is 0.232 e. The number of hydrogen-bond donors (Lipinski definition) is 0. The zero-order chi connectivity index (χ0) is 20.8. The van der Waals surface area contributed by atoms with E-state index in [2.05, 4.69) is 4.90 Å². The van der Waals surface area contributed by atoms with Gasteiger partial charge in [0.1, 0.15) is 29.8 Å². The minimum Gasteiger partial charge on any atom is -0.478 e. The van der Waals surface area contributed by atoms with Crippen LogP contribution in [-0.2, 0) is 13.1 Å². The van der Waals surface area contributed by atoms with E-state index < -0.39 is 0 Å². The lowest BCUT2D eigenvalue weighted by Gasteiger charge is -2.30. The third-order valence-corrected chi connectivity index (χ3v) is 5.74. The van der Waals surface area contributed by atoms with Gasteiger partial charge in [0.05, 0.1) is 11.1 Å². The van der Waals surface area contributed by atoms with Crippen LogP contribution < -0.4 is 9.47 Å². The van der Waals surface area contributed by atoms with Crippen molar-refractivity contribution in [3.8, 4) is 11.5 Å². The zero-order valence-corrected chi connectivity index (χ0v) is 17.5. The summed E-state index contributed by atoms with van der Waals surface area (Å²) < 4.78 is 17.6. The number of halogens is 1. The van der Waals surface area contributed by atoms with Crippen LogP contribution >= 0.6 is 11.6 Å². The van der Waals surface area contributed by atoms with Crippen LogP contribution in [-0.4, -0.2) is 17.4 Å². The molecule has 0 bridgehead atoms. The highest BCUT2D eigenvalue weighted by Gasteiger charge is 2.35. The lowest BCUT2D eigenvalue weighted by Crippen LogP contribution is -2.32. The summed E-state index contributed by atoms with van der Waals surface area (Å²) in [6.07, 6.45) is 1.65. The van der Waals surface area contributed by atoms with Gasteiger partial charge in [0.25, 0.3) is 0 Å². The number of aryl methyl sites for hydroxylation is 2. The molecule has 0 saturated carbocycles. The van der Waals surface area contributed by atoms with E-state index in [-0.39, 0.29) is 11.5 Å². The average Bonchev–Trinajstić information content (AvgIpc) is 3.28. The lowest BCUT2D eigenvalue weighted by molar-refractivity contribution is 0.0872. The molecule has 152 valence electrons. The number of Topliss-reactive ketones (excluding diaryl/α,β-unsaturated/α-hetero) is 1. The van der Waals surface area contributed by atoms with Gasteiger partial charge in [-0.1, -0.05) is 29.8 Å². The van der Waals surface area contributed by atoms with Crippen molar-refractivity contribution in [1.82, 2.24) is 4.90 Å². The highest BCUT2D eigenvalue weighted by Crippen LogP contribution is 2.44. The Bertz CT molecular complexity index is 1190. The Balaban J connectivity index is 1.47. The summed E-state index contributed by atoms with van der Waals surface area (Å²) in [5, 5.41) is 0.725. The molecule has 2 aliphatic rings. The van der Waals surface area contributed by atoms with Gasteiger partial charge in [-0.05, 0) is 49.2 Å². The summed E-state index contributed by atoms with van der Waals surface area (Å²) in [6.45, 7) is 5.45. The fourth-order valence-corrected chi connectivity index (χ4v) is 4.10. The molecule has 3 heterocycles. The van der Waals surface area contributed by atoms with E-state index >= 15 is 0 Å². The van der Waals surface area contributed by atoms with Gasteiger partial charge in [0.2, 0.25) is 5.78 Å². The number of allylic oxidation sites excluding steroid dienone is 1. The van der Waals surface area contributed by atoms with Crippen molar-refractivity contribution in [2.75, 3.05) is 6.73 Å². The molecule has 1 aromatic heterocycles. The number of ether oxygens (including phenoxy) is 2. The molecule has 0 atom stereocenters. The highest BCUT2D eigenvalue weighted by molar-refractivity contribution is 6.31. The number of benzene rings is 2. The first-order valence-electron chi connectivity index (χ1n) is 9.75. The maximum absolute atomic E-state index is 13.0. The Kier molecular flexibility index (Phi) is 4.65. The minimum atomic E-state index is -0.136. The normalized spacial score (nSPS) is 16.9. The average molecular weight is 422 g/mol. The molecule has 0 aliphatic carbocycles. The van der Waals surface area contributed by atoms with Crippen LogP contribution in [0.2, 0.25) is 5.02 Å². The maximum atomic E-state index is 13.0. The Morgan fingerprint density at radius 3 is 2.77 bits per heavy atom. The number of carbonyl (C=O) groups excluding carboxylic acids is 1. The van der Waals surface area contributed by atoms with Crippen LogP contribution in [0.1, 0.15) is 38.6 Å². The minimum absolute atomic E-state index is 0.136. The second kappa shape index (κ2) is 7.35. The van der Waals surface area contributed by atoms with Crippen molar-refractivity contribution in [3.05, 3.63) is 87.0 Å². The summed E-state index contributed by atoms with van der Waals surface area (Å²) in [5.74, 6) is 2.83. The first-order valence-corrected chi connectivity index (χ1v) is 10.1. The molecule has 0 spiro atoms. The molecule has 3 aromatic rings. The molecule has 30 heavy (non-hydrogen) atoms. The van der Waals surface area contributed by atoms with E-state index in [0.717, 1.165) is 33.2 Å². The van der Waals surface area contributed by atoms with Crippen LogP contribution in [0.15, 0.2) is 52.6 Å². The number of fused-ring (bicyclic) bond motifs is 3. The Labute approximate surface area is 179 Å². The molecular formula is C24H20ClNO4. The Morgan fingerprint density at radius 1 is 1.17 bits per heavy atom. The maximum Gasteiger partial charge on any atom is 0.232 e. The summed E-state index contributed by atoms with van der Waals surface area (Å²) in [5.41, 5.74) is 3.33. The first-order chi connectivity index (χ1) is 14.5. The van der Waals surface area contributed by atoms with Crippen LogP contribution in [0.25, 0.3) is 6.08 Å². The molecular weight excluding hydrogens is 402 g/mol. The summed E-state index contributed by atoms with van der Waals surface area (Å²) in [7, 11) is 0. The van der Waals surface area contributed by atoms with Crippen LogP contribution in [0.3, 0.4) is 0 Å². The van der Waals surface area contributed by atoms with Gasteiger partial charge in [0, 0.05) is 24.2 Å². The van der Waals surface area contributed by atoms with Gasteiger partial charge in [-0.3, -0.25) is 9.69 Å². The molecule has 0 unspecified atom stereocenters. The second-order valence-corrected chi connectivity index (χ2v) is 8.02. The topological polar surface area (TPSA) is 51.9 Å². The monoisotopic (exact) mass is 421 g/mol. The molecule has 0 N–H and O–H groups in total. The molecule has 6 heteroatoms. The van der Waals surface area contributed by atoms with Gasteiger partial charge in [-0.15, -0.1) is 0 Å². The summed E-state index contributed by atoms with van der Waals surface area (Å²) in [6, 6.07) is 13.4. The lowest BCUT2D eigenvalue weighted by atomic mass is 9.98. The SMILES string of the molecule is Cc1ccc(/C=C2\Oc3c4c(cc(C)c3C2=O)OCN(Cc2ccccc2Cl)C4)o1. The Hall–Kier alpha value is -3.02. The standard InChI is InChI=1S/C24H20ClNO4/c1-14-9-20-18(12-26(13-28-20)11-16-5-3-4-6-19(16)25)24-22(14)23(27)21(30-24)10-17-8-7-15(2)29-17/h3-10H,11-13H2,1-2H3/b21-10-. The Morgan fingerprint density at radius 2 is 2.00 bits per heavy atom. The third kappa shape index (κ3) is 3.30. The number of ketones is 1. The second-order valence-electron chi connectivity index (χ2n) is 7.61. The number of carbonyl (C=O) groups is 1. The van der Waals surface area contributed by atoms with Crippen molar-refractivity contribution < 1.29 is 18.7 Å². The van der Waals surface area contributed by atoms with E-state index in [9.17, 15) is 4.79 Å². The summed E-state index contributed by atoms with van der Waals surface area (Å²) >= 11 is 6.32. The number of furan rings is 1. The van der Waals surface area contributed by atoms with Crippen LogP contribution in [0.5, 0.6) is 11.5 Å². The van der Waals surface area contributed by atoms with Crippen molar-refractivity contribution >= 4 is 23.5 Å². The predicted octanol–water partition coefficient (Wildman–Crippen LogP) is 5.52. The van der Waals surface area contributed by atoms with Crippen molar-refractivity contribution in [2.24, 2.45) is 0 Å². The third-order valence-electron chi connectivity index (χ3n) is 5.37. The largest absolute Gasteiger partial charge is 0.478 e. The van der Waals surface area contributed by atoms with Gasteiger partial charge < -0.3 is 13.9 Å². The van der Waals surface area contributed by atoms with Gasteiger partial charge in [-0.25, -0.2) is 0 Å². The fraction of sp³-hybridized carbons (Fsp3) is 0.208. The molecule has 0 fully saturated rings. The van der Waals surface area contributed by atoms with Crippen molar-refractivity contribution in [1.29, 1.82) is 0 Å². The molecule has 2 aromatic carbocycles.